The molecule has 0 saturated heterocycles. The van der Waals surface area contributed by atoms with Crippen LogP contribution >= 0.6 is 23.2 Å². The van der Waals surface area contributed by atoms with Gasteiger partial charge < -0.3 is 0 Å². The van der Waals surface area contributed by atoms with E-state index in [9.17, 15) is 8.42 Å². The molecule has 1 N–H and O–H groups in total. The van der Waals surface area contributed by atoms with E-state index < -0.39 is 10.0 Å². The number of halogens is 2. The lowest BCUT2D eigenvalue weighted by atomic mass is 10.1. The smallest absolute Gasteiger partial charge is 0.242 e. The summed E-state index contributed by atoms with van der Waals surface area (Å²) in [5, 5.41) is 0.858. The minimum atomic E-state index is -3.65. The van der Waals surface area contributed by atoms with Gasteiger partial charge in [0.2, 0.25) is 10.0 Å². The van der Waals surface area contributed by atoms with Crippen molar-refractivity contribution >= 4 is 33.2 Å². The summed E-state index contributed by atoms with van der Waals surface area (Å²) in [6.07, 6.45) is 1.85. The molecule has 0 aliphatic carbocycles. The monoisotopic (exact) mass is 344 g/mol. The molecule has 0 aliphatic rings. The maximum Gasteiger partial charge on any atom is 0.242 e. The summed E-state index contributed by atoms with van der Waals surface area (Å²) in [6, 6.07) is 9.61. The van der Waals surface area contributed by atoms with Gasteiger partial charge in [-0.05, 0) is 36.2 Å². The number of nitrogens with zero attached hydrogens (tertiary/aromatic N) is 1. The highest BCUT2D eigenvalue weighted by atomic mass is 35.5. The number of rotatable bonds is 5. The van der Waals surface area contributed by atoms with Crippen molar-refractivity contribution in [1.82, 2.24) is 9.71 Å². The van der Waals surface area contributed by atoms with Crippen molar-refractivity contribution in [2.45, 2.75) is 24.3 Å². The molecule has 0 aliphatic heterocycles. The molecule has 1 aromatic carbocycles. The van der Waals surface area contributed by atoms with Crippen molar-refractivity contribution in [2.75, 3.05) is 0 Å². The van der Waals surface area contributed by atoms with Gasteiger partial charge in [-0.2, -0.15) is 0 Å². The molecule has 4 nitrogen and oxygen atoms in total. The van der Waals surface area contributed by atoms with E-state index in [0.29, 0.717) is 11.4 Å². The van der Waals surface area contributed by atoms with E-state index in [2.05, 4.69) is 9.71 Å². The van der Waals surface area contributed by atoms with Gasteiger partial charge in [0.25, 0.3) is 0 Å². The van der Waals surface area contributed by atoms with Gasteiger partial charge in [0.15, 0.2) is 0 Å². The molecule has 21 heavy (non-hydrogen) atoms. The van der Waals surface area contributed by atoms with Crippen LogP contribution in [-0.4, -0.2) is 13.4 Å². The molecule has 0 radical (unpaired) electrons. The van der Waals surface area contributed by atoms with Crippen LogP contribution in [0.4, 0.5) is 0 Å². The Kier molecular flexibility index (Phi) is 5.22. The summed E-state index contributed by atoms with van der Waals surface area (Å²) < 4.78 is 27.3. The second kappa shape index (κ2) is 6.75. The van der Waals surface area contributed by atoms with E-state index in [1.54, 1.807) is 24.3 Å². The van der Waals surface area contributed by atoms with Crippen LogP contribution in [0.15, 0.2) is 47.5 Å². The Morgan fingerprint density at radius 2 is 1.81 bits per heavy atom. The van der Waals surface area contributed by atoms with Gasteiger partial charge in [0, 0.05) is 17.3 Å². The Morgan fingerprint density at radius 3 is 2.33 bits per heavy atom. The SMILES string of the molecule is CCC(NS(=O)(=O)c1ccc(Cl)nc1)c1ccc(Cl)cc1. The van der Waals surface area contributed by atoms with Gasteiger partial charge in [-0.1, -0.05) is 42.3 Å². The minimum Gasteiger partial charge on any atom is -0.243 e. The molecule has 1 heterocycles. The molecule has 1 atom stereocenters. The van der Waals surface area contributed by atoms with Gasteiger partial charge in [-0.3, -0.25) is 0 Å². The van der Waals surface area contributed by atoms with Gasteiger partial charge in [0.1, 0.15) is 10.0 Å². The van der Waals surface area contributed by atoms with E-state index in [4.69, 9.17) is 23.2 Å². The van der Waals surface area contributed by atoms with Crippen molar-refractivity contribution in [3.63, 3.8) is 0 Å². The standard InChI is InChI=1S/C14H14Cl2N2O2S/c1-2-13(10-3-5-11(15)6-4-10)18-21(19,20)12-7-8-14(16)17-9-12/h3-9,13,18H,2H2,1H3. The summed E-state index contributed by atoms with van der Waals surface area (Å²) in [5.74, 6) is 0. The molecule has 112 valence electrons. The number of sulfonamides is 1. The van der Waals surface area contributed by atoms with Gasteiger partial charge in [0.05, 0.1) is 0 Å². The number of benzene rings is 1. The molecule has 0 saturated carbocycles. The second-order valence-corrected chi connectivity index (χ2v) is 6.99. The van der Waals surface area contributed by atoms with Crippen molar-refractivity contribution < 1.29 is 8.42 Å². The molecule has 2 rings (SSSR count). The minimum absolute atomic E-state index is 0.0827. The molecule has 0 fully saturated rings. The molecule has 0 spiro atoms. The molecule has 7 heteroatoms. The third kappa shape index (κ3) is 4.17. The van der Waals surface area contributed by atoms with Crippen LogP contribution in [0.5, 0.6) is 0 Å². The predicted octanol–water partition coefficient (Wildman–Crippen LogP) is 3.82. The highest BCUT2D eigenvalue weighted by Crippen LogP contribution is 2.22. The molecule has 2 aromatic rings. The maximum absolute atomic E-state index is 12.3. The van der Waals surface area contributed by atoms with E-state index in [-0.39, 0.29) is 16.1 Å². The van der Waals surface area contributed by atoms with Crippen molar-refractivity contribution in [3.05, 3.63) is 58.3 Å². The van der Waals surface area contributed by atoms with Crippen LogP contribution in [0.3, 0.4) is 0 Å². The number of nitrogens with one attached hydrogen (secondary N) is 1. The Morgan fingerprint density at radius 1 is 1.14 bits per heavy atom. The van der Waals surface area contributed by atoms with E-state index in [0.717, 1.165) is 5.56 Å². The first kappa shape index (κ1) is 16.2. The van der Waals surface area contributed by atoms with Gasteiger partial charge in [-0.15, -0.1) is 0 Å². The Bertz CT molecular complexity index is 701. The number of hydrogen-bond acceptors (Lipinski definition) is 3. The zero-order valence-corrected chi connectivity index (χ0v) is 13.6. The molecule has 1 aromatic heterocycles. The molecular formula is C14H14Cl2N2O2S. The van der Waals surface area contributed by atoms with Crippen LogP contribution in [0.1, 0.15) is 24.9 Å². The number of pyridine rings is 1. The number of aromatic nitrogens is 1. The molecule has 0 amide bonds. The fourth-order valence-corrected chi connectivity index (χ4v) is 3.35. The topological polar surface area (TPSA) is 59.1 Å². The van der Waals surface area contributed by atoms with Crippen LogP contribution in [-0.2, 0) is 10.0 Å². The van der Waals surface area contributed by atoms with E-state index in [1.807, 2.05) is 6.92 Å². The maximum atomic E-state index is 12.3. The van der Waals surface area contributed by atoms with Gasteiger partial charge in [-0.25, -0.2) is 18.1 Å². The Hall–Kier alpha value is -1.14. The average Bonchev–Trinajstić information content (AvgIpc) is 2.46. The summed E-state index contributed by atoms with van der Waals surface area (Å²) in [4.78, 5) is 3.87. The summed E-state index contributed by atoms with van der Waals surface area (Å²) in [5.41, 5.74) is 0.854. The van der Waals surface area contributed by atoms with Crippen LogP contribution in [0.2, 0.25) is 10.2 Å². The van der Waals surface area contributed by atoms with Crippen LogP contribution in [0, 0.1) is 0 Å². The first-order valence-corrected chi connectivity index (χ1v) is 8.55. The Balaban J connectivity index is 2.24. The van der Waals surface area contributed by atoms with E-state index in [1.165, 1.54) is 18.3 Å². The zero-order chi connectivity index (χ0) is 15.5. The van der Waals surface area contributed by atoms with Gasteiger partial charge >= 0.3 is 0 Å². The first-order chi connectivity index (χ1) is 9.92. The molecule has 1 unspecified atom stereocenters. The predicted molar refractivity (Wildman–Crippen MR) is 84.1 cm³/mol. The average molecular weight is 345 g/mol. The third-order valence-electron chi connectivity index (χ3n) is 2.99. The molecule has 0 bridgehead atoms. The van der Waals surface area contributed by atoms with Crippen molar-refractivity contribution in [1.29, 1.82) is 0 Å². The number of hydrogen-bond donors (Lipinski definition) is 1. The Labute approximate surface area is 134 Å². The van der Waals surface area contributed by atoms with Crippen LogP contribution < -0.4 is 4.72 Å². The lowest BCUT2D eigenvalue weighted by Crippen LogP contribution is -2.28. The lowest BCUT2D eigenvalue weighted by molar-refractivity contribution is 0.550. The largest absolute Gasteiger partial charge is 0.243 e. The summed E-state index contributed by atoms with van der Waals surface area (Å²) in [7, 11) is -3.65. The van der Waals surface area contributed by atoms with E-state index >= 15 is 0 Å². The van der Waals surface area contributed by atoms with Crippen molar-refractivity contribution in [2.24, 2.45) is 0 Å². The third-order valence-corrected chi connectivity index (χ3v) is 4.92. The summed E-state index contributed by atoms with van der Waals surface area (Å²) >= 11 is 11.5. The first-order valence-electron chi connectivity index (χ1n) is 6.31. The quantitative estimate of drug-likeness (QED) is 0.838. The second-order valence-electron chi connectivity index (χ2n) is 4.45. The highest BCUT2D eigenvalue weighted by Gasteiger charge is 2.20. The summed E-state index contributed by atoms with van der Waals surface area (Å²) in [6.45, 7) is 1.90. The lowest BCUT2D eigenvalue weighted by Gasteiger charge is -2.17. The fraction of sp³-hybridized carbons (Fsp3) is 0.214. The zero-order valence-electron chi connectivity index (χ0n) is 11.3. The van der Waals surface area contributed by atoms with Crippen molar-refractivity contribution in [3.8, 4) is 0 Å². The fourth-order valence-electron chi connectivity index (χ4n) is 1.86. The highest BCUT2D eigenvalue weighted by molar-refractivity contribution is 7.89. The van der Waals surface area contributed by atoms with Crippen LogP contribution in [0.25, 0.3) is 0 Å². The molecular weight excluding hydrogens is 331 g/mol. The normalized spacial score (nSPS) is 13.1.